The molecule has 15 heavy (non-hydrogen) atoms. The normalized spacial score (nSPS) is 11.1. The Morgan fingerprint density at radius 3 is 2.40 bits per heavy atom. The van der Waals surface area contributed by atoms with Gasteiger partial charge in [0.2, 0.25) is 0 Å². The van der Waals surface area contributed by atoms with Crippen LogP contribution in [0.2, 0.25) is 0 Å². The van der Waals surface area contributed by atoms with Crippen LogP contribution < -0.4 is 0 Å². The van der Waals surface area contributed by atoms with Gasteiger partial charge in [0.25, 0.3) is 0 Å². The van der Waals surface area contributed by atoms with E-state index in [0.717, 1.165) is 6.42 Å². The van der Waals surface area contributed by atoms with Gasteiger partial charge in [-0.05, 0) is 13.3 Å². The Hall–Kier alpha value is -0.840. The first-order chi connectivity index (χ1) is 6.89. The van der Waals surface area contributed by atoms with Gasteiger partial charge in [0.05, 0.1) is 11.5 Å². The van der Waals surface area contributed by atoms with Crippen molar-refractivity contribution in [3.8, 4) is 0 Å². The molecule has 4 nitrogen and oxygen atoms in total. The summed E-state index contributed by atoms with van der Waals surface area (Å²) in [6.45, 7) is 6.76. The van der Waals surface area contributed by atoms with E-state index < -0.39 is 15.8 Å². The zero-order valence-electron chi connectivity index (χ0n) is 9.28. The Labute approximate surface area is 91.2 Å². The molecule has 5 heteroatoms. The number of esters is 1. The zero-order chi connectivity index (χ0) is 11.9. The number of carbonyl (C=O) groups excluding carboxylic acids is 1. The zero-order valence-corrected chi connectivity index (χ0v) is 10.1. The van der Waals surface area contributed by atoms with Crippen molar-refractivity contribution >= 4 is 15.8 Å². The highest BCUT2D eigenvalue weighted by atomic mass is 32.2. The van der Waals surface area contributed by atoms with E-state index in [2.05, 4.69) is 6.58 Å². The predicted octanol–water partition coefficient (Wildman–Crippen LogP) is 1.32. The lowest BCUT2D eigenvalue weighted by Crippen LogP contribution is -2.18. The van der Waals surface area contributed by atoms with E-state index in [4.69, 9.17) is 4.74 Å². The van der Waals surface area contributed by atoms with E-state index in [-0.39, 0.29) is 23.7 Å². The fourth-order valence-electron chi connectivity index (χ4n) is 0.851. The first-order valence-corrected chi connectivity index (χ1v) is 6.74. The summed E-state index contributed by atoms with van der Waals surface area (Å²) in [6.07, 6.45) is 1.49. The van der Waals surface area contributed by atoms with Crippen LogP contribution in [-0.4, -0.2) is 32.5 Å². The SMILES string of the molecule is C=C(C)C(=O)OCCS(=O)(=O)CCCC. The van der Waals surface area contributed by atoms with E-state index in [9.17, 15) is 13.2 Å². The van der Waals surface area contributed by atoms with Crippen LogP contribution in [0.3, 0.4) is 0 Å². The van der Waals surface area contributed by atoms with Crippen LogP contribution in [-0.2, 0) is 19.4 Å². The second-order valence-corrected chi connectivity index (χ2v) is 5.73. The lowest BCUT2D eigenvalue weighted by molar-refractivity contribution is -0.138. The van der Waals surface area contributed by atoms with Crippen LogP contribution in [0, 0.1) is 0 Å². The van der Waals surface area contributed by atoms with Gasteiger partial charge in [-0.1, -0.05) is 19.9 Å². The molecule has 0 unspecified atom stereocenters. The van der Waals surface area contributed by atoms with Crippen molar-refractivity contribution in [2.45, 2.75) is 26.7 Å². The maximum absolute atomic E-state index is 11.3. The lowest BCUT2D eigenvalue weighted by atomic mass is 10.4. The minimum atomic E-state index is -3.07. The average Bonchev–Trinajstić information content (AvgIpc) is 2.14. The summed E-state index contributed by atoms with van der Waals surface area (Å²) < 4.78 is 27.4. The summed E-state index contributed by atoms with van der Waals surface area (Å²) in [5.74, 6) is -0.485. The van der Waals surface area contributed by atoms with Gasteiger partial charge in [-0.15, -0.1) is 0 Å². The van der Waals surface area contributed by atoms with Gasteiger partial charge in [0.1, 0.15) is 6.61 Å². The van der Waals surface area contributed by atoms with Crippen LogP contribution in [0.5, 0.6) is 0 Å². The van der Waals surface area contributed by atoms with Gasteiger partial charge in [-0.25, -0.2) is 13.2 Å². The molecule has 0 rings (SSSR count). The van der Waals surface area contributed by atoms with Crippen LogP contribution in [0.15, 0.2) is 12.2 Å². The molecule has 0 bridgehead atoms. The second-order valence-electron chi connectivity index (χ2n) is 3.42. The highest BCUT2D eigenvalue weighted by Gasteiger charge is 2.11. The third-order valence-corrected chi connectivity index (χ3v) is 3.48. The van der Waals surface area contributed by atoms with Crippen molar-refractivity contribution in [3.05, 3.63) is 12.2 Å². The Morgan fingerprint density at radius 1 is 1.33 bits per heavy atom. The molecule has 0 fully saturated rings. The lowest BCUT2D eigenvalue weighted by Gasteiger charge is -2.05. The molecule has 0 atom stereocenters. The molecule has 0 aliphatic rings. The number of ether oxygens (including phenoxy) is 1. The molecule has 0 aromatic carbocycles. The van der Waals surface area contributed by atoms with Crippen molar-refractivity contribution < 1.29 is 17.9 Å². The fourth-order valence-corrected chi connectivity index (χ4v) is 2.12. The molecule has 0 amide bonds. The molecule has 0 spiro atoms. The number of sulfone groups is 1. The van der Waals surface area contributed by atoms with Gasteiger partial charge in [0.15, 0.2) is 9.84 Å². The highest BCUT2D eigenvalue weighted by molar-refractivity contribution is 7.91. The Balaban J connectivity index is 3.85. The standard InChI is InChI=1S/C10H18O4S/c1-4-5-7-15(12,13)8-6-14-10(11)9(2)3/h2,4-8H2,1,3H3. The van der Waals surface area contributed by atoms with E-state index in [1.54, 1.807) is 0 Å². The molecular weight excluding hydrogens is 216 g/mol. The third kappa shape index (κ3) is 7.13. The van der Waals surface area contributed by atoms with Gasteiger partial charge >= 0.3 is 5.97 Å². The van der Waals surface area contributed by atoms with Gasteiger partial charge in [0, 0.05) is 5.57 Å². The maximum Gasteiger partial charge on any atom is 0.333 e. The van der Waals surface area contributed by atoms with Crippen LogP contribution in [0.4, 0.5) is 0 Å². The molecule has 0 radical (unpaired) electrons. The Morgan fingerprint density at radius 2 is 1.93 bits per heavy atom. The van der Waals surface area contributed by atoms with Gasteiger partial charge in [-0.2, -0.15) is 0 Å². The van der Waals surface area contributed by atoms with E-state index in [1.807, 2.05) is 6.92 Å². The van der Waals surface area contributed by atoms with Gasteiger partial charge in [-0.3, -0.25) is 0 Å². The second kappa shape index (κ2) is 6.61. The smallest absolute Gasteiger partial charge is 0.333 e. The van der Waals surface area contributed by atoms with Crippen molar-refractivity contribution in [2.75, 3.05) is 18.1 Å². The molecule has 0 N–H and O–H groups in total. The van der Waals surface area contributed by atoms with E-state index in [1.165, 1.54) is 6.92 Å². The maximum atomic E-state index is 11.3. The van der Waals surface area contributed by atoms with Crippen LogP contribution in [0.1, 0.15) is 26.7 Å². The molecule has 0 saturated carbocycles. The number of hydrogen-bond acceptors (Lipinski definition) is 4. The number of rotatable bonds is 7. The minimum absolute atomic E-state index is 0.0856. The average molecular weight is 234 g/mol. The summed E-state index contributed by atoms with van der Waals surface area (Å²) in [5.41, 5.74) is 0.279. The van der Waals surface area contributed by atoms with Crippen molar-refractivity contribution in [1.82, 2.24) is 0 Å². The predicted molar refractivity (Wildman–Crippen MR) is 59.3 cm³/mol. The first kappa shape index (κ1) is 14.2. The third-order valence-electron chi connectivity index (χ3n) is 1.78. The summed E-state index contributed by atoms with van der Waals surface area (Å²) >= 11 is 0. The Kier molecular flexibility index (Phi) is 6.24. The van der Waals surface area contributed by atoms with Crippen LogP contribution in [0.25, 0.3) is 0 Å². The number of unbranched alkanes of at least 4 members (excludes halogenated alkanes) is 1. The largest absolute Gasteiger partial charge is 0.461 e. The van der Waals surface area contributed by atoms with Crippen molar-refractivity contribution in [2.24, 2.45) is 0 Å². The number of hydrogen-bond donors (Lipinski definition) is 0. The molecule has 0 saturated heterocycles. The molecule has 0 aliphatic carbocycles. The summed E-state index contributed by atoms with van der Waals surface area (Å²) in [4.78, 5) is 10.9. The topological polar surface area (TPSA) is 60.4 Å². The molecule has 0 aromatic heterocycles. The molecule has 0 aromatic rings. The number of carbonyl (C=O) groups is 1. The molecular formula is C10H18O4S. The first-order valence-electron chi connectivity index (χ1n) is 4.92. The Bertz CT molecular complexity index is 316. The van der Waals surface area contributed by atoms with Crippen LogP contribution >= 0.6 is 0 Å². The molecule has 0 heterocycles. The molecule has 0 aliphatic heterocycles. The summed E-state index contributed by atoms with van der Waals surface area (Å²) in [5, 5.41) is 0. The fraction of sp³-hybridized carbons (Fsp3) is 0.700. The quantitative estimate of drug-likeness (QED) is 0.492. The van der Waals surface area contributed by atoms with Gasteiger partial charge < -0.3 is 4.74 Å². The summed E-state index contributed by atoms with van der Waals surface area (Å²) in [6, 6.07) is 0. The van der Waals surface area contributed by atoms with E-state index in [0.29, 0.717) is 6.42 Å². The van der Waals surface area contributed by atoms with Crippen molar-refractivity contribution in [3.63, 3.8) is 0 Å². The monoisotopic (exact) mass is 234 g/mol. The van der Waals surface area contributed by atoms with E-state index >= 15 is 0 Å². The highest BCUT2D eigenvalue weighted by Crippen LogP contribution is 1.98. The minimum Gasteiger partial charge on any atom is -0.461 e. The molecule has 88 valence electrons. The summed E-state index contributed by atoms with van der Waals surface area (Å²) in [7, 11) is -3.07. The van der Waals surface area contributed by atoms with Crippen molar-refractivity contribution in [1.29, 1.82) is 0 Å².